The molecule has 0 unspecified atom stereocenters. The molecule has 0 aliphatic carbocycles. The predicted molar refractivity (Wildman–Crippen MR) is 121 cm³/mol. The number of nitrogens with one attached hydrogen (secondary N) is 1. The van der Waals surface area contributed by atoms with Crippen molar-refractivity contribution in [3.05, 3.63) is 95.1 Å². The zero-order valence-corrected chi connectivity index (χ0v) is 17.4. The van der Waals surface area contributed by atoms with Gasteiger partial charge < -0.3 is 15.0 Å². The van der Waals surface area contributed by atoms with Gasteiger partial charge in [0.2, 0.25) is 0 Å². The first-order chi connectivity index (χ1) is 14.7. The smallest absolute Gasteiger partial charge is 0.255 e. The molecular weight excluding hydrogens is 372 g/mol. The Morgan fingerprint density at radius 2 is 1.70 bits per heavy atom. The Balaban J connectivity index is 1.31. The first-order valence-electron chi connectivity index (χ1n) is 10.7. The second-order valence-electron chi connectivity index (χ2n) is 7.54. The summed E-state index contributed by atoms with van der Waals surface area (Å²) < 4.78 is 5.55. The van der Waals surface area contributed by atoms with Gasteiger partial charge in [0.05, 0.1) is 12.2 Å². The van der Waals surface area contributed by atoms with E-state index in [9.17, 15) is 4.79 Å². The van der Waals surface area contributed by atoms with E-state index in [1.165, 1.54) is 22.4 Å². The van der Waals surface area contributed by atoms with Crippen LogP contribution in [0.3, 0.4) is 0 Å². The van der Waals surface area contributed by atoms with Crippen LogP contribution in [-0.2, 0) is 19.4 Å². The Morgan fingerprint density at radius 3 is 2.50 bits per heavy atom. The maximum absolute atomic E-state index is 12.5. The summed E-state index contributed by atoms with van der Waals surface area (Å²) in [6.07, 6.45) is 1.89. The van der Waals surface area contributed by atoms with Crippen LogP contribution in [-0.4, -0.2) is 25.6 Å². The van der Waals surface area contributed by atoms with Crippen LogP contribution in [0, 0.1) is 0 Å². The molecule has 30 heavy (non-hydrogen) atoms. The van der Waals surface area contributed by atoms with Gasteiger partial charge in [-0.15, -0.1) is 0 Å². The first-order valence-corrected chi connectivity index (χ1v) is 10.7. The quantitative estimate of drug-likeness (QED) is 0.629. The van der Waals surface area contributed by atoms with Gasteiger partial charge in [0.1, 0.15) is 5.75 Å². The number of carbonyl (C=O) groups excluding carboxylic acids is 1. The van der Waals surface area contributed by atoms with E-state index in [0.29, 0.717) is 24.5 Å². The van der Waals surface area contributed by atoms with Crippen LogP contribution in [0.4, 0.5) is 5.69 Å². The summed E-state index contributed by atoms with van der Waals surface area (Å²) in [6, 6.07) is 24.8. The van der Waals surface area contributed by atoms with Crippen molar-refractivity contribution in [3.63, 3.8) is 0 Å². The molecule has 1 aliphatic rings. The summed E-state index contributed by atoms with van der Waals surface area (Å²) in [4.78, 5) is 14.9. The molecule has 0 radical (unpaired) electrons. The van der Waals surface area contributed by atoms with Crippen LogP contribution in [0.5, 0.6) is 5.75 Å². The Morgan fingerprint density at radius 1 is 0.967 bits per heavy atom. The van der Waals surface area contributed by atoms with Crippen LogP contribution in [0.2, 0.25) is 0 Å². The maximum Gasteiger partial charge on any atom is 0.255 e. The van der Waals surface area contributed by atoms with Crippen molar-refractivity contribution in [2.24, 2.45) is 0 Å². The van der Waals surface area contributed by atoms with Crippen molar-refractivity contribution in [2.75, 3.05) is 24.6 Å². The van der Waals surface area contributed by atoms with Gasteiger partial charge in [-0.05, 0) is 60.7 Å². The van der Waals surface area contributed by atoms with Crippen LogP contribution in [0.15, 0.2) is 72.8 Å². The van der Waals surface area contributed by atoms with Gasteiger partial charge in [0, 0.05) is 25.3 Å². The van der Waals surface area contributed by atoms with Gasteiger partial charge in [0.15, 0.2) is 0 Å². The molecule has 4 heteroatoms. The molecule has 3 aromatic rings. The Hall–Kier alpha value is -3.27. The van der Waals surface area contributed by atoms with Crippen LogP contribution < -0.4 is 15.0 Å². The molecule has 154 valence electrons. The van der Waals surface area contributed by atoms with E-state index in [4.69, 9.17) is 4.74 Å². The molecule has 0 spiro atoms. The molecule has 1 heterocycles. The van der Waals surface area contributed by atoms with E-state index in [0.717, 1.165) is 25.9 Å². The fraction of sp³-hybridized carbons (Fsp3) is 0.269. The van der Waals surface area contributed by atoms with Crippen molar-refractivity contribution >= 4 is 11.6 Å². The van der Waals surface area contributed by atoms with E-state index >= 15 is 0 Å². The standard InChI is InChI=1S/C26H28N2O2/c1-2-30-25-10-6-5-9-24(25)26(29)27-17-15-20-11-13-23(14-12-20)28-18-16-21-7-3-4-8-22(21)19-28/h3-14H,2,15-19H2,1H3,(H,27,29). The minimum Gasteiger partial charge on any atom is -0.493 e. The fourth-order valence-electron chi connectivity index (χ4n) is 3.94. The van der Waals surface area contributed by atoms with Gasteiger partial charge in [-0.2, -0.15) is 0 Å². The van der Waals surface area contributed by atoms with E-state index < -0.39 is 0 Å². The van der Waals surface area contributed by atoms with Crippen molar-refractivity contribution in [2.45, 2.75) is 26.3 Å². The average molecular weight is 401 g/mol. The number of hydrogen-bond acceptors (Lipinski definition) is 3. The second-order valence-corrected chi connectivity index (χ2v) is 7.54. The number of benzene rings is 3. The van der Waals surface area contributed by atoms with Crippen LogP contribution >= 0.6 is 0 Å². The highest BCUT2D eigenvalue weighted by Crippen LogP contribution is 2.24. The summed E-state index contributed by atoms with van der Waals surface area (Å²) in [6.45, 7) is 5.06. The van der Waals surface area contributed by atoms with Gasteiger partial charge >= 0.3 is 0 Å². The summed E-state index contributed by atoms with van der Waals surface area (Å²) in [5, 5.41) is 3.01. The number of anilines is 1. The van der Waals surface area contributed by atoms with E-state index in [1.54, 1.807) is 6.07 Å². The zero-order valence-electron chi connectivity index (χ0n) is 17.4. The van der Waals surface area contributed by atoms with Crippen LogP contribution in [0.25, 0.3) is 0 Å². The van der Waals surface area contributed by atoms with Crippen molar-refractivity contribution in [3.8, 4) is 5.75 Å². The van der Waals surface area contributed by atoms with Crippen molar-refractivity contribution in [1.29, 1.82) is 0 Å². The lowest BCUT2D eigenvalue weighted by Crippen LogP contribution is -2.30. The summed E-state index contributed by atoms with van der Waals surface area (Å²) >= 11 is 0. The lowest BCUT2D eigenvalue weighted by Gasteiger charge is -2.30. The van der Waals surface area contributed by atoms with Crippen molar-refractivity contribution in [1.82, 2.24) is 5.32 Å². The maximum atomic E-state index is 12.5. The molecule has 0 fully saturated rings. The number of fused-ring (bicyclic) bond motifs is 1. The topological polar surface area (TPSA) is 41.6 Å². The SMILES string of the molecule is CCOc1ccccc1C(=O)NCCc1ccc(N2CCc3ccccc3C2)cc1. The summed E-state index contributed by atoms with van der Waals surface area (Å²) in [5.74, 6) is 0.535. The zero-order chi connectivity index (χ0) is 20.8. The molecule has 0 atom stereocenters. The molecule has 1 N–H and O–H groups in total. The lowest BCUT2D eigenvalue weighted by atomic mass is 9.99. The number of para-hydroxylation sites is 1. The summed E-state index contributed by atoms with van der Waals surface area (Å²) in [5.41, 5.74) is 5.94. The van der Waals surface area contributed by atoms with E-state index in [1.807, 2.05) is 25.1 Å². The Labute approximate surface area is 178 Å². The third kappa shape index (κ3) is 4.65. The minimum atomic E-state index is -0.0948. The number of ether oxygens (including phenoxy) is 1. The van der Waals surface area contributed by atoms with Gasteiger partial charge in [0.25, 0.3) is 5.91 Å². The monoisotopic (exact) mass is 400 g/mol. The number of carbonyl (C=O) groups is 1. The lowest BCUT2D eigenvalue weighted by molar-refractivity contribution is 0.0950. The largest absolute Gasteiger partial charge is 0.493 e. The molecule has 0 saturated carbocycles. The molecule has 4 rings (SSSR count). The van der Waals surface area contributed by atoms with Crippen molar-refractivity contribution < 1.29 is 9.53 Å². The van der Waals surface area contributed by atoms with Gasteiger partial charge in [-0.3, -0.25) is 4.79 Å². The average Bonchev–Trinajstić information content (AvgIpc) is 2.80. The summed E-state index contributed by atoms with van der Waals surface area (Å²) in [7, 11) is 0. The molecular formula is C26H28N2O2. The molecule has 0 saturated heterocycles. The highest BCUT2D eigenvalue weighted by Gasteiger charge is 2.16. The Kier molecular flexibility index (Phi) is 6.33. The highest BCUT2D eigenvalue weighted by atomic mass is 16.5. The predicted octanol–water partition coefficient (Wildman–Crippen LogP) is 4.62. The van der Waals surface area contributed by atoms with E-state index in [2.05, 4.69) is 58.7 Å². The normalized spacial score (nSPS) is 12.9. The molecule has 1 aliphatic heterocycles. The first kappa shape index (κ1) is 20.0. The third-order valence-corrected chi connectivity index (χ3v) is 5.56. The Bertz CT molecular complexity index is 998. The number of rotatable bonds is 7. The third-order valence-electron chi connectivity index (χ3n) is 5.56. The molecule has 1 amide bonds. The fourth-order valence-corrected chi connectivity index (χ4v) is 3.94. The van der Waals surface area contributed by atoms with Gasteiger partial charge in [-0.25, -0.2) is 0 Å². The van der Waals surface area contributed by atoms with Crippen LogP contribution in [0.1, 0.15) is 34.0 Å². The molecule has 0 bridgehead atoms. The molecule has 4 nitrogen and oxygen atoms in total. The highest BCUT2D eigenvalue weighted by molar-refractivity contribution is 5.96. The molecule has 3 aromatic carbocycles. The number of hydrogen-bond donors (Lipinski definition) is 1. The van der Waals surface area contributed by atoms with E-state index in [-0.39, 0.29) is 5.91 Å². The number of nitrogens with zero attached hydrogens (tertiary/aromatic N) is 1. The van der Waals surface area contributed by atoms with Gasteiger partial charge in [-0.1, -0.05) is 48.5 Å². The second kappa shape index (κ2) is 9.49. The number of amides is 1. The minimum absolute atomic E-state index is 0.0948. The molecule has 0 aromatic heterocycles.